The molecule has 4 heteroatoms. The molecule has 0 radical (unpaired) electrons. The number of hydrogen-bond donors (Lipinski definition) is 1. The van der Waals surface area contributed by atoms with Crippen molar-refractivity contribution in [3.05, 3.63) is 59.9 Å². The second-order valence-corrected chi connectivity index (χ2v) is 5.88. The molecule has 1 N–H and O–H groups in total. The molecule has 3 rings (SSSR count). The van der Waals surface area contributed by atoms with Crippen molar-refractivity contribution < 1.29 is 4.74 Å². The molecule has 1 fully saturated rings. The monoisotopic (exact) mass is 297 g/mol. The van der Waals surface area contributed by atoms with Crippen LogP contribution in [0.25, 0.3) is 0 Å². The Bertz CT molecular complexity index is 571. The zero-order chi connectivity index (χ0) is 15.2. The molecule has 1 aliphatic heterocycles. The highest BCUT2D eigenvalue weighted by Crippen LogP contribution is 2.16. The molecule has 1 aromatic carbocycles. The standard InChI is InChI=1S/C18H23N3O/c1-15-12-21(11-10-20-15)13-16-2-4-18(5-3-16)22-14-17-6-8-19-9-7-17/h2-9,15,20H,10-14H2,1H3/t15-/m1/s1. The quantitative estimate of drug-likeness (QED) is 0.920. The third-order valence-corrected chi connectivity index (χ3v) is 3.94. The largest absolute Gasteiger partial charge is 0.489 e. The van der Waals surface area contributed by atoms with E-state index in [1.54, 1.807) is 12.4 Å². The summed E-state index contributed by atoms with van der Waals surface area (Å²) in [6.07, 6.45) is 3.58. The summed E-state index contributed by atoms with van der Waals surface area (Å²) in [5.74, 6) is 0.911. The minimum absolute atomic E-state index is 0.580. The predicted molar refractivity (Wildman–Crippen MR) is 87.8 cm³/mol. The summed E-state index contributed by atoms with van der Waals surface area (Å²) in [6, 6.07) is 13.0. The van der Waals surface area contributed by atoms with Gasteiger partial charge >= 0.3 is 0 Å². The third kappa shape index (κ3) is 4.29. The topological polar surface area (TPSA) is 37.4 Å². The maximum Gasteiger partial charge on any atom is 0.119 e. The van der Waals surface area contributed by atoms with Crippen LogP contribution in [0.5, 0.6) is 5.75 Å². The molecule has 0 saturated carbocycles. The highest BCUT2D eigenvalue weighted by atomic mass is 16.5. The molecule has 0 amide bonds. The van der Waals surface area contributed by atoms with Gasteiger partial charge < -0.3 is 10.1 Å². The van der Waals surface area contributed by atoms with Crippen molar-refractivity contribution in [3.8, 4) is 5.75 Å². The maximum atomic E-state index is 5.80. The van der Waals surface area contributed by atoms with E-state index in [1.165, 1.54) is 5.56 Å². The summed E-state index contributed by atoms with van der Waals surface area (Å²) in [5, 5.41) is 3.47. The molecule has 0 unspecified atom stereocenters. The minimum Gasteiger partial charge on any atom is -0.489 e. The maximum absolute atomic E-state index is 5.80. The number of nitrogens with zero attached hydrogens (tertiary/aromatic N) is 2. The normalized spacial score (nSPS) is 19.0. The number of piperazine rings is 1. The van der Waals surface area contributed by atoms with E-state index >= 15 is 0 Å². The first kappa shape index (κ1) is 15.0. The van der Waals surface area contributed by atoms with Gasteiger partial charge in [0.2, 0.25) is 0 Å². The molecule has 4 nitrogen and oxygen atoms in total. The number of aromatic nitrogens is 1. The highest BCUT2D eigenvalue weighted by molar-refractivity contribution is 5.27. The lowest BCUT2D eigenvalue weighted by Gasteiger charge is -2.31. The van der Waals surface area contributed by atoms with Crippen LogP contribution in [0.4, 0.5) is 0 Å². The Hall–Kier alpha value is -1.91. The average molecular weight is 297 g/mol. The SMILES string of the molecule is C[C@@H]1CN(Cc2ccc(OCc3ccncc3)cc2)CCN1. The Morgan fingerprint density at radius 3 is 2.64 bits per heavy atom. The fraction of sp³-hybridized carbons (Fsp3) is 0.389. The Balaban J connectivity index is 1.51. The molecule has 1 aliphatic rings. The van der Waals surface area contributed by atoms with Gasteiger partial charge in [-0.05, 0) is 42.3 Å². The van der Waals surface area contributed by atoms with Crippen LogP contribution in [0.15, 0.2) is 48.8 Å². The van der Waals surface area contributed by atoms with E-state index in [2.05, 4.69) is 46.4 Å². The lowest BCUT2D eigenvalue weighted by atomic mass is 10.1. The summed E-state index contributed by atoms with van der Waals surface area (Å²) in [6.45, 7) is 7.13. The molecular formula is C18H23N3O. The van der Waals surface area contributed by atoms with E-state index in [0.29, 0.717) is 12.6 Å². The van der Waals surface area contributed by atoms with Crippen molar-refractivity contribution >= 4 is 0 Å². The van der Waals surface area contributed by atoms with E-state index in [1.807, 2.05) is 12.1 Å². The Kier molecular flexibility index (Phi) is 5.03. The van der Waals surface area contributed by atoms with Crippen molar-refractivity contribution in [1.29, 1.82) is 0 Å². The van der Waals surface area contributed by atoms with Gasteiger partial charge in [-0.15, -0.1) is 0 Å². The van der Waals surface area contributed by atoms with Gasteiger partial charge in [-0.3, -0.25) is 9.88 Å². The van der Waals surface area contributed by atoms with Gasteiger partial charge in [0.25, 0.3) is 0 Å². The van der Waals surface area contributed by atoms with Crippen LogP contribution >= 0.6 is 0 Å². The highest BCUT2D eigenvalue weighted by Gasteiger charge is 2.15. The van der Waals surface area contributed by atoms with E-state index < -0.39 is 0 Å². The minimum atomic E-state index is 0.580. The number of pyridine rings is 1. The third-order valence-electron chi connectivity index (χ3n) is 3.94. The molecule has 0 bridgehead atoms. The number of rotatable bonds is 5. The lowest BCUT2D eigenvalue weighted by molar-refractivity contribution is 0.199. The van der Waals surface area contributed by atoms with Gasteiger partial charge in [-0.25, -0.2) is 0 Å². The van der Waals surface area contributed by atoms with Crippen LogP contribution in [-0.4, -0.2) is 35.6 Å². The fourth-order valence-electron chi connectivity index (χ4n) is 2.75. The molecule has 1 aromatic heterocycles. The number of hydrogen-bond acceptors (Lipinski definition) is 4. The molecule has 116 valence electrons. The van der Waals surface area contributed by atoms with E-state index in [0.717, 1.165) is 37.5 Å². The van der Waals surface area contributed by atoms with Crippen molar-refractivity contribution in [2.45, 2.75) is 26.1 Å². The number of nitrogens with one attached hydrogen (secondary N) is 1. The smallest absolute Gasteiger partial charge is 0.119 e. The second kappa shape index (κ2) is 7.38. The molecule has 2 heterocycles. The van der Waals surface area contributed by atoms with Crippen LogP contribution < -0.4 is 10.1 Å². The molecule has 22 heavy (non-hydrogen) atoms. The second-order valence-electron chi connectivity index (χ2n) is 5.88. The van der Waals surface area contributed by atoms with Crippen LogP contribution in [0.2, 0.25) is 0 Å². The first-order valence-corrected chi connectivity index (χ1v) is 7.86. The van der Waals surface area contributed by atoms with Crippen LogP contribution in [0, 0.1) is 0 Å². The van der Waals surface area contributed by atoms with E-state index in [-0.39, 0.29) is 0 Å². The van der Waals surface area contributed by atoms with Gasteiger partial charge in [0.1, 0.15) is 12.4 Å². The molecular weight excluding hydrogens is 274 g/mol. The molecule has 1 atom stereocenters. The van der Waals surface area contributed by atoms with Gasteiger partial charge in [-0.2, -0.15) is 0 Å². The van der Waals surface area contributed by atoms with E-state index in [9.17, 15) is 0 Å². The van der Waals surface area contributed by atoms with Gasteiger partial charge in [0, 0.05) is 44.6 Å². The van der Waals surface area contributed by atoms with Crippen molar-refractivity contribution in [1.82, 2.24) is 15.2 Å². The summed E-state index contributed by atoms with van der Waals surface area (Å²) < 4.78 is 5.80. The number of benzene rings is 1. The zero-order valence-corrected chi connectivity index (χ0v) is 13.0. The summed E-state index contributed by atoms with van der Waals surface area (Å²) in [5.41, 5.74) is 2.47. The first-order valence-electron chi connectivity index (χ1n) is 7.86. The summed E-state index contributed by atoms with van der Waals surface area (Å²) in [7, 11) is 0. The Morgan fingerprint density at radius 2 is 1.91 bits per heavy atom. The Labute approximate surface area is 132 Å². The van der Waals surface area contributed by atoms with E-state index in [4.69, 9.17) is 4.74 Å². The van der Waals surface area contributed by atoms with Crippen molar-refractivity contribution in [2.24, 2.45) is 0 Å². The zero-order valence-electron chi connectivity index (χ0n) is 13.0. The molecule has 1 saturated heterocycles. The van der Waals surface area contributed by atoms with Gasteiger partial charge in [-0.1, -0.05) is 12.1 Å². The molecule has 0 spiro atoms. The molecule has 0 aliphatic carbocycles. The van der Waals surface area contributed by atoms with Crippen molar-refractivity contribution in [3.63, 3.8) is 0 Å². The lowest BCUT2D eigenvalue weighted by Crippen LogP contribution is -2.48. The summed E-state index contributed by atoms with van der Waals surface area (Å²) in [4.78, 5) is 6.50. The Morgan fingerprint density at radius 1 is 1.14 bits per heavy atom. The first-order chi connectivity index (χ1) is 10.8. The predicted octanol–water partition coefficient (Wildman–Crippen LogP) is 2.45. The van der Waals surface area contributed by atoms with Gasteiger partial charge in [0.15, 0.2) is 0 Å². The van der Waals surface area contributed by atoms with Crippen LogP contribution in [-0.2, 0) is 13.2 Å². The van der Waals surface area contributed by atoms with Crippen LogP contribution in [0.1, 0.15) is 18.1 Å². The fourth-order valence-corrected chi connectivity index (χ4v) is 2.75. The summed E-state index contributed by atoms with van der Waals surface area (Å²) >= 11 is 0. The number of ether oxygens (including phenoxy) is 1. The molecule has 2 aromatic rings. The van der Waals surface area contributed by atoms with Crippen molar-refractivity contribution in [2.75, 3.05) is 19.6 Å². The van der Waals surface area contributed by atoms with Crippen LogP contribution in [0.3, 0.4) is 0 Å². The van der Waals surface area contributed by atoms with Gasteiger partial charge in [0.05, 0.1) is 0 Å². The average Bonchev–Trinajstić information content (AvgIpc) is 2.55.